The van der Waals surface area contributed by atoms with E-state index in [1.165, 1.54) is 7.11 Å². The van der Waals surface area contributed by atoms with Crippen molar-refractivity contribution in [2.75, 3.05) is 38.7 Å². The second kappa shape index (κ2) is 9.38. The molecule has 0 aromatic heterocycles. The number of amides is 1. The molecular weight excluding hydrogens is 360 g/mol. The van der Waals surface area contributed by atoms with Crippen molar-refractivity contribution in [2.45, 2.75) is 6.10 Å². The third-order valence-electron chi connectivity index (χ3n) is 3.94. The highest BCUT2D eigenvalue weighted by molar-refractivity contribution is 6.05. The first-order chi connectivity index (χ1) is 12.2. The Morgan fingerprint density at radius 2 is 2.00 bits per heavy atom. The highest BCUT2D eigenvalue weighted by atomic mass is 35.5. The van der Waals surface area contributed by atoms with E-state index in [0.717, 1.165) is 17.3 Å². The lowest BCUT2D eigenvalue weighted by Crippen LogP contribution is -2.45. The molecule has 0 bridgehead atoms. The lowest BCUT2D eigenvalue weighted by molar-refractivity contribution is -0.142. The summed E-state index contributed by atoms with van der Waals surface area (Å²) in [6.07, 6.45) is -0.511. The first-order valence-electron chi connectivity index (χ1n) is 8.03. The van der Waals surface area contributed by atoms with Gasteiger partial charge in [-0.1, -0.05) is 24.3 Å². The van der Waals surface area contributed by atoms with Gasteiger partial charge in [0, 0.05) is 29.5 Å². The van der Waals surface area contributed by atoms with Crippen LogP contribution in [0, 0.1) is 0 Å². The third kappa shape index (κ3) is 4.63. The van der Waals surface area contributed by atoms with Crippen molar-refractivity contribution in [3.05, 3.63) is 36.4 Å². The molecule has 1 fully saturated rings. The predicted molar refractivity (Wildman–Crippen MR) is 99.9 cm³/mol. The zero-order chi connectivity index (χ0) is 17.6. The van der Waals surface area contributed by atoms with Crippen molar-refractivity contribution in [2.24, 2.45) is 0 Å². The number of benzene rings is 2. The number of carbonyl (C=O) groups excluding carboxylic acids is 2. The normalized spacial score (nSPS) is 16.4. The zero-order valence-corrected chi connectivity index (χ0v) is 15.1. The van der Waals surface area contributed by atoms with Gasteiger partial charge in [-0.05, 0) is 12.1 Å². The number of anilines is 1. The summed E-state index contributed by atoms with van der Waals surface area (Å²) >= 11 is 0. The maximum atomic E-state index is 12.4. The van der Waals surface area contributed by atoms with Gasteiger partial charge in [0.05, 0.1) is 13.7 Å². The van der Waals surface area contributed by atoms with Crippen LogP contribution >= 0.6 is 12.4 Å². The largest absolute Gasteiger partial charge is 0.481 e. The number of hydrogen-bond donors (Lipinski definition) is 2. The zero-order valence-electron chi connectivity index (χ0n) is 14.3. The Balaban J connectivity index is 0.00000243. The molecule has 26 heavy (non-hydrogen) atoms. The summed E-state index contributed by atoms with van der Waals surface area (Å²) < 4.78 is 15.6. The number of nitrogens with one attached hydrogen (secondary N) is 2. The number of methoxy groups -OCH3 is 1. The van der Waals surface area contributed by atoms with Gasteiger partial charge in [-0.15, -0.1) is 12.4 Å². The Morgan fingerprint density at radius 3 is 2.69 bits per heavy atom. The van der Waals surface area contributed by atoms with Gasteiger partial charge < -0.3 is 24.8 Å². The van der Waals surface area contributed by atoms with Crippen LogP contribution in [0.3, 0.4) is 0 Å². The Kier molecular flexibility index (Phi) is 7.20. The first kappa shape index (κ1) is 20.0. The van der Waals surface area contributed by atoms with Gasteiger partial charge in [-0.2, -0.15) is 0 Å². The fourth-order valence-electron chi connectivity index (χ4n) is 2.65. The van der Waals surface area contributed by atoms with Gasteiger partial charge in [0.25, 0.3) is 5.91 Å². The van der Waals surface area contributed by atoms with Crippen LogP contribution in [0.2, 0.25) is 0 Å². The van der Waals surface area contributed by atoms with Crippen molar-refractivity contribution in [1.29, 1.82) is 0 Å². The third-order valence-corrected chi connectivity index (χ3v) is 3.94. The average molecular weight is 381 g/mol. The number of ether oxygens (including phenoxy) is 3. The summed E-state index contributed by atoms with van der Waals surface area (Å²) in [6, 6.07) is 11.0. The van der Waals surface area contributed by atoms with Crippen LogP contribution in [0.15, 0.2) is 36.4 Å². The van der Waals surface area contributed by atoms with E-state index < -0.39 is 12.1 Å². The lowest BCUT2D eigenvalue weighted by atomic mass is 10.1. The standard InChI is InChI=1S/C18H20N2O5.ClH/c1-23-17(21)11-25-15-7-6-14(12-4-2-3-5-13(12)15)20-18(22)16-10-19-8-9-24-16;/h2-7,16,19H,8-11H2,1H3,(H,20,22);1H. The van der Waals surface area contributed by atoms with E-state index in [4.69, 9.17) is 9.47 Å². The van der Waals surface area contributed by atoms with Gasteiger partial charge in [0.15, 0.2) is 6.61 Å². The van der Waals surface area contributed by atoms with Gasteiger partial charge in [-0.25, -0.2) is 4.79 Å². The fraction of sp³-hybridized carbons (Fsp3) is 0.333. The molecule has 1 aliphatic heterocycles. The molecule has 2 aromatic carbocycles. The molecule has 1 heterocycles. The fourth-order valence-corrected chi connectivity index (χ4v) is 2.65. The van der Waals surface area contributed by atoms with E-state index in [9.17, 15) is 9.59 Å². The molecule has 8 heteroatoms. The SMILES string of the molecule is COC(=O)COc1ccc(NC(=O)C2CNCCO2)c2ccccc12.Cl. The number of rotatable bonds is 5. The summed E-state index contributed by atoms with van der Waals surface area (Å²) in [6.45, 7) is 1.58. The van der Waals surface area contributed by atoms with E-state index in [1.54, 1.807) is 12.1 Å². The molecule has 0 aliphatic carbocycles. The van der Waals surface area contributed by atoms with Crippen LogP contribution in [-0.2, 0) is 19.1 Å². The quantitative estimate of drug-likeness (QED) is 0.768. The highest BCUT2D eigenvalue weighted by Crippen LogP contribution is 2.31. The van der Waals surface area contributed by atoms with Gasteiger partial charge >= 0.3 is 5.97 Å². The molecule has 0 saturated carbocycles. The Labute approximate surface area is 157 Å². The lowest BCUT2D eigenvalue weighted by Gasteiger charge is -2.23. The number of esters is 1. The van der Waals surface area contributed by atoms with E-state index in [1.807, 2.05) is 24.3 Å². The minimum Gasteiger partial charge on any atom is -0.481 e. The van der Waals surface area contributed by atoms with Crippen LogP contribution in [0.5, 0.6) is 5.75 Å². The second-order valence-electron chi connectivity index (χ2n) is 5.57. The van der Waals surface area contributed by atoms with E-state index in [0.29, 0.717) is 24.6 Å². The van der Waals surface area contributed by atoms with Crippen molar-refractivity contribution in [3.63, 3.8) is 0 Å². The molecule has 3 rings (SSSR count). The van der Waals surface area contributed by atoms with E-state index in [2.05, 4.69) is 15.4 Å². The molecule has 0 spiro atoms. The Hall–Kier alpha value is -2.35. The molecule has 1 unspecified atom stereocenters. The summed E-state index contributed by atoms with van der Waals surface area (Å²) in [4.78, 5) is 23.7. The molecular formula is C18H21ClN2O5. The van der Waals surface area contributed by atoms with E-state index >= 15 is 0 Å². The van der Waals surface area contributed by atoms with Gasteiger partial charge in [-0.3, -0.25) is 4.79 Å². The number of fused-ring (bicyclic) bond motifs is 1. The molecule has 1 atom stereocenters. The maximum Gasteiger partial charge on any atom is 0.343 e. The van der Waals surface area contributed by atoms with Crippen molar-refractivity contribution in [3.8, 4) is 5.75 Å². The molecule has 2 aromatic rings. The maximum absolute atomic E-state index is 12.4. The van der Waals surface area contributed by atoms with Crippen LogP contribution in [0.4, 0.5) is 5.69 Å². The van der Waals surface area contributed by atoms with Crippen LogP contribution in [0.25, 0.3) is 10.8 Å². The molecule has 0 radical (unpaired) electrons. The number of carbonyl (C=O) groups is 2. The van der Waals surface area contributed by atoms with Crippen molar-refractivity contribution < 1.29 is 23.8 Å². The minimum absolute atomic E-state index is 0. The van der Waals surface area contributed by atoms with Crippen LogP contribution < -0.4 is 15.4 Å². The number of morpholine rings is 1. The minimum atomic E-state index is -0.511. The monoisotopic (exact) mass is 380 g/mol. The van der Waals surface area contributed by atoms with Crippen molar-refractivity contribution >= 4 is 40.7 Å². The van der Waals surface area contributed by atoms with E-state index in [-0.39, 0.29) is 24.9 Å². The van der Waals surface area contributed by atoms with Crippen molar-refractivity contribution in [1.82, 2.24) is 5.32 Å². The molecule has 1 amide bonds. The van der Waals surface area contributed by atoms with Gasteiger partial charge in [0.1, 0.15) is 11.9 Å². The highest BCUT2D eigenvalue weighted by Gasteiger charge is 2.22. The molecule has 1 saturated heterocycles. The molecule has 7 nitrogen and oxygen atoms in total. The Bertz CT molecular complexity index is 777. The summed E-state index contributed by atoms with van der Waals surface area (Å²) in [5, 5.41) is 7.66. The topological polar surface area (TPSA) is 85.9 Å². The second-order valence-corrected chi connectivity index (χ2v) is 5.57. The molecule has 2 N–H and O–H groups in total. The van der Waals surface area contributed by atoms with Crippen LogP contribution in [0.1, 0.15) is 0 Å². The average Bonchev–Trinajstić information content (AvgIpc) is 2.67. The predicted octanol–water partition coefficient (Wildman–Crippen LogP) is 1.74. The Morgan fingerprint density at radius 1 is 1.23 bits per heavy atom. The van der Waals surface area contributed by atoms with Gasteiger partial charge in [0.2, 0.25) is 0 Å². The summed E-state index contributed by atoms with van der Waals surface area (Å²) in [7, 11) is 1.31. The summed E-state index contributed by atoms with van der Waals surface area (Å²) in [5.74, 6) is -0.0985. The summed E-state index contributed by atoms with van der Waals surface area (Å²) in [5.41, 5.74) is 0.667. The smallest absolute Gasteiger partial charge is 0.343 e. The molecule has 1 aliphatic rings. The molecule has 140 valence electrons. The number of halogens is 1. The van der Waals surface area contributed by atoms with Crippen LogP contribution in [-0.4, -0.2) is 51.4 Å². The number of hydrogen-bond acceptors (Lipinski definition) is 6. The first-order valence-corrected chi connectivity index (χ1v) is 8.03.